The predicted octanol–water partition coefficient (Wildman–Crippen LogP) is 3.01. The van der Waals surface area contributed by atoms with E-state index < -0.39 is 0 Å². The Morgan fingerprint density at radius 2 is 2.00 bits per heavy atom. The lowest BCUT2D eigenvalue weighted by atomic mass is 9.95. The van der Waals surface area contributed by atoms with Crippen molar-refractivity contribution < 1.29 is 4.39 Å². The number of nitrogens with zero attached hydrogens (tertiary/aromatic N) is 3. The molecule has 0 aliphatic heterocycles. The largest absolute Gasteiger partial charge is 0.357 e. The van der Waals surface area contributed by atoms with Crippen LogP contribution in [0.15, 0.2) is 29.3 Å². The van der Waals surface area contributed by atoms with Gasteiger partial charge in [-0.05, 0) is 57.2 Å². The predicted molar refractivity (Wildman–Crippen MR) is 108 cm³/mol. The molecule has 0 spiro atoms. The van der Waals surface area contributed by atoms with Crippen LogP contribution in [-0.2, 0) is 18.9 Å². The number of guanidine groups is 1. The van der Waals surface area contributed by atoms with Crippen LogP contribution in [0.5, 0.6) is 0 Å². The first-order valence-electron chi connectivity index (χ1n) is 9.73. The Bertz CT molecular complexity index is 820. The molecule has 1 aliphatic rings. The summed E-state index contributed by atoms with van der Waals surface area (Å²) >= 11 is 0. The van der Waals surface area contributed by atoms with Crippen molar-refractivity contribution in [3.8, 4) is 0 Å². The van der Waals surface area contributed by atoms with E-state index in [0.717, 1.165) is 49.6 Å². The number of hydrogen-bond donors (Lipinski definition) is 2. The standard InChI is InChI=1S/C21H30FN5/c1-5-23-20(24-13-10-17-15(2)26-27(4)16(17)3)25-14-21(11-12-21)18-8-6-7-9-19(18)22/h6-9H,5,10-14H2,1-4H3,(H2,23,24,25). The highest BCUT2D eigenvalue weighted by atomic mass is 19.1. The maximum atomic E-state index is 14.2. The van der Waals surface area contributed by atoms with Gasteiger partial charge in [-0.3, -0.25) is 9.67 Å². The van der Waals surface area contributed by atoms with Crippen molar-refractivity contribution in [2.45, 2.75) is 45.4 Å². The van der Waals surface area contributed by atoms with E-state index in [1.807, 2.05) is 30.8 Å². The lowest BCUT2D eigenvalue weighted by Crippen LogP contribution is -2.39. The molecule has 27 heavy (non-hydrogen) atoms. The summed E-state index contributed by atoms with van der Waals surface area (Å²) in [6.45, 7) is 8.38. The molecule has 0 radical (unpaired) electrons. The molecule has 1 aliphatic carbocycles. The van der Waals surface area contributed by atoms with E-state index in [1.165, 1.54) is 11.3 Å². The smallest absolute Gasteiger partial charge is 0.191 e. The van der Waals surface area contributed by atoms with Gasteiger partial charge >= 0.3 is 0 Å². The van der Waals surface area contributed by atoms with E-state index in [1.54, 1.807) is 12.1 Å². The van der Waals surface area contributed by atoms with Crippen molar-refractivity contribution in [2.75, 3.05) is 19.6 Å². The lowest BCUT2D eigenvalue weighted by Gasteiger charge is -2.16. The second-order valence-corrected chi connectivity index (χ2v) is 7.41. The van der Waals surface area contributed by atoms with E-state index in [-0.39, 0.29) is 11.2 Å². The van der Waals surface area contributed by atoms with E-state index >= 15 is 0 Å². The molecule has 1 heterocycles. The average Bonchev–Trinajstić information content (AvgIpc) is 3.39. The third kappa shape index (κ3) is 4.31. The summed E-state index contributed by atoms with van der Waals surface area (Å²) in [6.07, 6.45) is 2.88. The first kappa shape index (κ1) is 19.4. The summed E-state index contributed by atoms with van der Waals surface area (Å²) < 4.78 is 16.1. The molecule has 0 unspecified atom stereocenters. The van der Waals surface area contributed by atoms with Crippen LogP contribution in [0.25, 0.3) is 0 Å². The number of nitrogens with one attached hydrogen (secondary N) is 2. The Balaban J connectivity index is 1.62. The van der Waals surface area contributed by atoms with Crippen LogP contribution in [0.4, 0.5) is 4.39 Å². The third-order valence-electron chi connectivity index (χ3n) is 5.51. The lowest BCUT2D eigenvalue weighted by molar-refractivity contribution is 0.572. The van der Waals surface area contributed by atoms with Gasteiger partial charge in [-0.15, -0.1) is 0 Å². The van der Waals surface area contributed by atoms with Gasteiger partial charge in [0.2, 0.25) is 0 Å². The van der Waals surface area contributed by atoms with Crippen LogP contribution in [0.3, 0.4) is 0 Å². The second-order valence-electron chi connectivity index (χ2n) is 7.41. The second kappa shape index (κ2) is 8.11. The highest BCUT2D eigenvalue weighted by molar-refractivity contribution is 5.79. The van der Waals surface area contributed by atoms with Gasteiger partial charge in [0.15, 0.2) is 5.96 Å². The van der Waals surface area contributed by atoms with Gasteiger partial charge in [0.1, 0.15) is 5.82 Å². The minimum atomic E-state index is -0.135. The van der Waals surface area contributed by atoms with Gasteiger partial charge in [-0.1, -0.05) is 18.2 Å². The molecule has 1 saturated carbocycles. The van der Waals surface area contributed by atoms with E-state index in [9.17, 15) is 4.39 Å². The number of aromatic nitrogens is 2. The molecular weight excluding hydrogens is 341 g/mol. The summed E-state index contributed by atoms with van der Waals surface area (Å²) in [4.78, 5) is 4.75. The Morgan fingerprint density at radius 1 is 1.26 bits per heavy atom. The number of aliphatic imine (C=N–C) groups is 1. The molecule has 146 valence electrons. The quantitative estimate of drug-likeness (QED) is 0.581. The molecule has 3 rings (SSSR count). The summed E-state index contributed by atoms with van der Waals surface area (Å²) in [5, 5.41) is 11.2. The first-order valence-corrected chi connectivity index (χ1v) is 9.73. The van der Waals surface area contributed by atoms with E-state index in [0.29, 0.717) is 6.54 Å². The van der Waals surface area contributed by atoms with Crippen LogP contribution < -0.4 is 10.6 Å². The highest BCUT2D eigenvalue weighted by Gasteiger charge is 2.45. The summed E-state index contributed by atoms with van der Waals surface area (Å²) in [6, 6.07) is 7.09. The first-order chi connectivity index (χ1) is 13.0. The summed E-state index contributed by atoms with van der Waals surface area (Å²) in [5.41, 5.74) is 4.23. The zero-order valence-corrected chi connectivity index (χ0v) is 16.8. The van der Waals surface area contributed by atoms with Gasteiger partial charge in [0.25, 0.3) is 0 Å². The zero-order valence-electron chi connectivity index (χ0n) is 16.8. The van der Waals surface area contributed by atoms with Crippen molar-refractivity contribution in [1.29, 1.82) is 0 Å². The van der Waals surface area contributed by atoms with Gasteiger partial charge in [-0.2, -0.15) is 5.10 Å². The number of rotatable bonds is 7. The zero-order chi connectivity index (χ0) is 19.4. The third-order valence-corrected chi connectivity index (χ3v) is 5.51. The van der Waals surface area contributed by atoms with Crippen molar-refractivity contribution >= 4 is 5.96 Å². The minimum absolute atomic E-state index is 0.120. The molecule has 1 aromatic heterocycles. The van der Waals surface area contributed by atoms with Gasteiger partial charge in [0.05, 0.1) is 12.2 Å². The Hall–Kier alpha value is -2.37. The number of benzene rings is 1. The van der Waals surface area contributed by atoms with Crippen molar-refractivity contribution in [3.05, 3.63) is 52.6 Å². The maximum Gasteiger partial charge on any atom is 0.191 e. The fourth-order valence-corrected chi connectivity index (χ4v) is 3.61. The molecule has 0 saturated heterocycles. The molecular formula is C21H30FN5. The number of halogens is 1. The maximum absolute atomic E-state index is 14.2. The minimum Gasteiger partial charge on any atom is -0.357 e. The summed E-state index contributed by atoms with van der Waals surface area (Å²) in [5.74, 6) is 0.671. The van der Waals surface area contributed by atoms with Gasteiger partial charge in [-0.25, -0.2) is 4.39 Å². The van der Waals surface area contributed by atoms with Gasteiger partial charge < -0.3 is 10.6 Å². The van der Waals surface area contributed by atoms with Crippen LogP contribution >= 0.6 is 0 Å². The molecule has 2 N–H and O–H groups in total. The fourth-order valence-electron chi connectivity index (χ4n) is 3.61. The molecule has 0 amide bonds. The van der Waals surface area contributed by atoms with Gasteiger partial charge in [0, 0.05) is 31.2 Å². The normalized spacial score (nSPS) is 15.7. The fraction of sp³-hybridized carbons (Fsp3) is 0.524. The molecule has 6 heteroatoms. The molecule has 0 atom stereocenters. The van der Waals surface area contributed by atoms with Crippen LogP contribution in [-0.4, -0.2) is 35.4 Å². The summed E-state index contributed by atoms with van der Waals surface area (Å²) in [7, 11) is 1.97. The molecule has 0 bridgehead atoms. The number of aryl methyl sites for hydroxylation is 2. The molecule has 5 nitrogen and oxygen atoms in total. The van der Waals surface area contributed by atoms with E-state index in [4.69, 9.17) is 4.99 Å². The average molecular weight is 372 g/mol. The molecule has 1 aromatic carbocycles. The van der Waals surface area contributed by atoms with Crippen LogP contribution in [0.2, 0.25) is 0 Å². The Labute approximate surface area is 161 Å². The van der Waals surface area contributed by atoms with Crippen molar-refractivity contribution in [1.82, 2.24) is 20.4 Å². The Kier molecular flexibility index (Phi) is 5.82. The number of hydrogen-bond acceptors (Lipinski definition) is 2. The molecule has 1 fully saturated rings. The van der Waals surface area contributed by atoms with E-state index in [2.05, 4.69) is 29.6 Å². The van der Waals surface area contributed by atoms with Crippen molar-refractivity contribution in [2.24, 2.45) is 12.0 Å². The SMILES string of the molecule is CCNC(=NCC1(c2ccccc2F)CC1)NCCc1c(C)nn(C)c1C. The topological polar surface area (TPSA) is 54.2 Å². The van der Waals surface area contributed by atoms with Crippen LogP contribution in [0, 0.1) is 19.7 Å². The monoisotopic (exact) mass is 371 g/mol. The van der Waals surface area contributed by atoms with Crippen LogP contribution in [0.1, 0.15) is 42.3 Å². The highest BCUT2D eigenvalue weighted by Crippen LogP contribution is 2.49. The Morgan fingerprint density at radius 3 is 2.59 bits per heavy atom. The molecule has 2 aromatic rings. The van der Waals surface area contributed by atoms with Crippen molar-refractivity contribution in [3.63, 3.8) is 0 Å².